The lowest BCUT2D eigenvalue weighted by molar-refractivity contribution is 0.0949. The molecule has 1 amide bonds. The van der Waals surface area contributed by atoms with Crippen molar-refractivity contribution in [3.05, 3.63) is 59.4 Å². The van der Waals surface area contributed by atoms with Crippen LogP contribution in [0.1, 0.15) is 21.7 Å². The molecule has 0 aliphatic heterocycles. The molecule has 0 radical (unpaired) electrons. The third-order valence-corrected chi connectivity index (χ3v) is 2.95. The van der Waals surface area contributed by atoms with Gasteiger partial charge in [0, 0.05) is 12.2 Å². The van der Waals surface area contributed by atoms with E-state index in [0.717, 1.165) is 23.4 Å². The number of benzene rings is 1. The first kappa shape index (κ1) is 14.1. The van der Waals surface area contributed by atoms with E-state index < -0.39 is 0 Å². The highest BCUT2D eigenvalue weighted by Gasteiger charge is 2.06. The van der Waals surface area contributed by atoms with E-state index in [1.54, 1.807) is 13.2 Å². The smallest absolute Gasteiger partial charge is 0.269 e. The highest BCUT2D eigenvalue weighted by Crippen LogP contribution is 2.12. The van der Waals surface area contributed by atoms with E-state index in [9.17, 15) is 4.79 Å². The van der Waals surface area contributed by atoms with Crippen molar-refractivity contribution in [2.24, 2.45) is 0 Å². The van der Waals surface area contributed by atoms with Crippen LogP contribution in [0.5, 0.6) is 5.75 Å². The van der Waals surface area contributed by atoms with E-state index in [1.165, 1.54) is 0 Å². The zero-order chi connectivity index (χ0) is 14.4. The van der Waals surface area contributed by atoms with Gasteiger partial charge < -0.3 is 10.1 Å². The molecule has 0 aliphatic rings. The van der Waals surface area contributed by atoms with Crippen molar-refractivity contribution in [3.8, 4) is 5.75 Å². The number of nitrogens with zero attached hydrogens (tertiary/aromatic N) is 1. The normalized spacial score (nSPS) is 10.1. The Morgan fingerprint density at radius 1 is 1.25 bits per heavy atom. The van der Waals surface area contributed by atoms with Crippen molar-refractivity contribution in [2.75, 3.05) is 13.7 Å². The van der Waals surface area contributed by atoms with E-state index in [4.69, 9.17) is 4.74 Å². The van der Waals surface area contributed by atoms with E-state index in [0.29, 0.717) is 12.2 Å². The van der Waals surface area contributed by atoms with Gasteiger partial charge >= 0.3 is 0 Å². The number of pyridine rings is 1. The lowest BCUT2D eigenvalue weighted by Gasteiger charge is -2.06. The highest BCUT2D eigenvalue weighted by molar-refractivity contribution is 5.92. The second kappa shape index (κ2) is 6.70. The van der Waals surface area contributed by atoms with Crippen molar-refractivity contribution in [3.63, 3.8) is 0 Å². The molecule has 4 heteroatoms. The maximum atomic E-state index is 11.9. The van der Waals surface area contributed by atoms with Crippen molar-refractivity contribution in [1.29, 1.82) is 0 Å². The molecule has 2 aromatic rings. The number of hydrogen-bond acceptors (Lipinski definition) is 3. The van der Waals surface area contributed by atoms with Gasteiger partial charge in [0.15, 0.2) is 0 Å². The second-order valence-electron chi connectivity index (χ2n) is 4.52. The highest BCUT2D eigenvalue weighted by atomic mass is 16.5. The summed E-state index contributed by atoms with van der Waals surface area (Å²) >= 11 is 0. The van der Waals surface area contributed by atoms with Crippen LogP contribution >= 0.6 is 0 Å². The number of hydrogen-bond donors (Lipinski definition) is 1. The molecular weight excluding hydrogens is 252 g/mol. The number of carbonyl (C=O) groups is 1. The summed E-state index contributed by atoms with van der Waals surface area (Å²) in [6, 6.07) is 13.2. The van der Waals surface area contributed by atoms with Gasteiger partial charge in [-0.1, -0.05) is 18.2 Å². The number of aryl methyl sites for hydroxylation is 1. The maximum Gasteiger partial charge on any atom is 0.269 e. The summed E-state index contributed by atoms with van der Waals surface area (Å²) in [5.74, 6) is 0.686. The van der Waals surface area contributed by atoms with Gasteiger partial charge in [0.2, 0.25) is 0 Å². The lowest BCUT2D eigenvalue weighted by Crippen LogP contribution is -2.26. The van der Waals surface area contributed by atoms with Gasteiger partial charge in [0.25, 0.3) is 5.91 Å². The van der Waals surface area contributed by atoms with Gasteiger partial charge in [-0.3, -0.25) is 4.79 Å². The largest absolute Gasteiger partial charge is 0.497 e. The quantitative estimate of drug-likeness (QED) is 0.907. The average Bonchev–Trinajstić information content (AvgIpc) is 2.47. The predicted molar refractivity (Wildman–Crippen MR) is 78.0 cm³/mol. The minimum Gasteiger partial charge on any atom is -0.497 e. The molecule has 0 saturated carbocycles. The Labute approximate surface area is 118 Å². The lowest BCUT2D eigenvalue weighted by atomic mass is 10.1. The summed E-state index contributed by atoms with van der Waals surface area (Å²) < 4.78 is 5.17. The molecule has 0 fully saturated rings. The van der Waals surface area contributed by atoms with Crippen LogP contribution < -0.4 is 10.1 Å². The molecular formula is C16H18N2O2. The first-order valence-corrected chi connectivity index (χ1v) is 6.54. The number of methoxy groups -OCH3 is 1. The molecule has 4 nitrogen and oxygen atoms in total. The fourth-order valence-corrected chi connectivity index (χ4v) is 1.91. The standard InChI is InChI=1S/C16H18N2O2/c1-12-5-3-8-15(18-12)16(19)17-10-9-13-6-4-7-14(11-13)20-2/h3-8,11H,9-10H2,1-2H3,(H,17,19). The molecule has 2 rings (SSSR count). The minimum absolute atomic E-state index is 0.142. The van der Waals surface area contributed by atoms with Gasteiger partial charge in [-0.2, -0.15) is 0 Å². The SMILES string of the molecule is COc1cccc(CCNC(=O)c2cccc(C)n2)c1. The number of carbonyl (C=O) groups excluding carboxylic acids is 1. The summed E-state index contributed by atoms with van der Waals surface area (Å²) in [6.45, 7) is 2.44. The van der Waals surface area contributed by atoms with Crippen LogP contribution in [-0.2, 0) is 6.42 Å². The van der Waals surface area contributed by atoms with Crippen LogP contribution in [0, 0.1) is 6.92 Å². The Morgan fingerprint density at radius 3 is 2.80 bits per heavy atom. The van der Waals surface area contributed by atoms with Crippen LogP contribution in [0.15, 0.2) is 42.5 Å². The van der Waals surface area contributed by atoms with Gasteiger partial charge in [-0.15, -0.1) is 0 Å². The first-order chi connectivity index (χ1) is 9.69. The molecule has 1 aromatic heterocycles. The predicted octanol–water partition coefficient (Wildman–Crippen LogP) is 2.37. The van der Waals surface area contributed by atoms with Gasteiger partial charge in [-0.25, -0.2) is 4.98 Å². The van der Waals surface area contributed by atoms with Gasteiger partial charge in [0.05, 0.1) is 7.11 Å². The zero-order valence-electron chi connectivity index (χ0n) is 11.7. The molecule has 1 N–H and O–H groups in total. The Kier molecular flexibility index (Phi) is 4.71. The van der Waals surface area contributed by atoms with Crippen molar-refractivity contribution in [1.82, 2.24) is 10.3 Å². The zero-order valence-corrected chi connectivity index (χ0v) is 11.7. The summed E-state index contributed by atoms with van der Waals surface area (Å²) in [7, 11) is 1.64. The molecule has 1 aromatic carbocycles. The number of ether oxygens (including phenoxy) is 1. The van der Waals surface area contributed by atoms with Crippen molar-refractivity contribution >= 4 is 5.91 Å². The number of aromatic nitrogens is 1. The molecule has 0 atom stereocenters. The van der Waals surface area contributed by atoms with Crippen molar-refractivity contribution in [2.45, 2.75) is 13.3 Å². The summed E-state index contributed by atoms with van der Waals surface area (Å²) in [5.41, 5.74) is 2.42. The number of amides is 1. The third kappa shape index (κ3) is 3.82. The Balaban J connectivity index is 1.88. The van der Waals surface area contributed by atoms with E-state index >= 15 is 0 Å². The number of rotatable bonds is 5. The molecule has 1 heterocycles. The average molecular weight is 270 g/mol. The van der Waals surface area contributed by atoms with Crippen LogP contribution in [0.3, 0.4) is 0 Å². The third-order valence-electron chi connectivity index (χ3n) is 2.95. The van der Waals surface area contributed by atoms with Crippen LogP contribution in [0.25, 0.3) is 0 Å². The second-order valence-corrected chi connectivity index (χ2v) is 4.52. The van der Waals surface area contributed by atoms with Crippen LogP contribution in [-0.4, -0.2) is 24.5 Å². The fourth-order valence-electron chi connectivity index (χ4n) is 1.91. The Hall–Kier alpha value is -2.36. The van der Waals surface area contributed by atoms with Gasteiger partial charge in [0.1, 0.15) is 11.4 Å². The summed E-state index contributed by atoms with van der Waals surface area (Å²) in [4.78, 5) is 16.1. The maximum absolute atomic E-state index is 11.9. The molecule has 0 bridgehead atoms. The van der Waals surface area contributed by atoms with E-state index in [1.807, 2.05) is 43.3 Å². The molecule has 0 saturated heterocycles. The van der Waals surface area contributed by atoms with Gasteiger partial charge in [-0.05, 0) is 43.2 Å². The monoisotopic (exact) mass is 270 g/mol. The molecule has 0 aliphatic carbocycles. The van der Waals surface area contributed by atoms with E-state index in [2.05, 4.69) is 10.3 Å². The molecule has 20 heavy (non-hydrogen) atoms. The minimum atomic E-state index is -0.142. The molecule has 104 valence electrons. The van der Waals surface area contributed by atoms with E-state index in [-0.39, 0.29) is 5.91 Å². The topological polar surface area (TPSA) is 51.2 Å². The first-order valence-electron chi connectivity index (χ1n) is 6.54. The Morgan fingerprint density at radius 2 is 2.05 bits per heavy atom. The van der Waals surface area contributed by atoms with Crippen LogP contribution in [0.2, 0.25) is 0 Å². The summed E-state index contributed by atoms with van der Waals surface area (Å²) in [6.07, 6.45) is 0.759. The molecule has 0 unspecified atom stereocenters. The van der Waals surface area contributed by atoms with Crippen LogP contribution in [0.4, 0.5) is 0 Å². The number of nitrogens with one attached hydrogen (secondary N) is 1. The fraction of sp³-hybridized carbons (Fsp3) is 0.250. The van der Waals surface area contributed by atoms with Crippen molar-refractivity contribution < 1.29 is 9.53 Å². The molecule has 0 spiro atoms. The summed E-state index contributed by atoms with van der Waals surface area (Å²) in [5, 5.41) is 2.87. The Bertz CT molecular complexity index is 597.